The maximum atomic E-state index is 13.3. The van der Waals surface area contributed by atoms with Gasteiger partial charge in [0.1, 0.15) is 11.3 Å². The minimum absolute atomic E-state index is 0.0230. The molecule has 5 rings (SSSR count). The van der Waals surface area contributed by atoms with Crippen molar-refractivity contribution in [2.24, 2.45) is 0 Å². The molecule has 2 amide bonds. The summed E-state index contributed by atoms with van der Waals surface area (Å²) < 4.78 is 5.49. The van der Waals surface area contributed by atoms with Crippen LogP contribution < -0.4 is 15.0 Å². The zero-order chi connectivity index (χ0) is 24.5. The van der Waals surface area contributed by atoms with E-state index in [-0.39, 0.29) is 11.8 Å². The number of methoxy groups -OCH3 is 1. The molecule has 1 fully saturated rings. The van der Waals surface area contributed by atoms with Crippen LogP contribution in [-0.2, 0) is 4.79 Å². The quantitative estimate of drug-likeness (QED) is 0.447. The molecule has 10 nitrogen and oxygen atoms in total. The van der Waals surface area contributed by atoms with Gasteiger partial charge in [-0.15, -0.1) is 0 Å². The van der Waals surface area contributed by atoms with Crippen LogP contribution in [0.4, 0.5) is 11.1 Å². The van der Waals surface area contributed by atoms with Gasteiger partial charge in [-0.05, 0) is 38.8 Å². The SMILES string of the molecule is COc1cnc(C)cc1-c1cc(C)ncc1C(=O)Nc1nc2cnc(N3CCCCC3=O)nc2s1. The topological polar surface area (TPSA) is 123 Å². The summed E-state index contributed by atoms with van der Waals surface area (Å²) >= 11 is 1.23. The van der Waals surface area contributed by atoms with E-state index in [0.717, 1.165) is 29.8 Å². The Hall–Kier alpha value is -3.99. The molecular formula is C24H23N7O3S. The van der Waals surface area contributed by atoms with Crippen LogP contribution in [0.5, 0.6) is 5.75 Å². The zero-order valence-corrected chi connectivity index (χ0v) is 20.3. The largest absolute Gasteiger partial charge is 0.494 e. The maximum Gasteiger partial charge on any atom is 0.259 e. The number of fused-ring (bicyclic) bond motifs is 1. The van der Waals surface area contributed by atoms with Crippen molar-refractivity contribution in [3.8, 4) is 16.9 Å². The van der Waals surface area contributed by atoms with E-state index in [1.54, 1.807) is 30.6 Å². The minimum Gasteiger partial charge on any atom is -0.494 e. The number of anilines is 2. The average molecular weight is 490 g/mol. The molecule has 4 aromatic heterocycles. The molecule has 0 unspecified atom stereocenters. The lowest BCUT2D eigenvalue weighted by atomic mass is 9.99. The summed E-state index contributed by atoms with van der Waals surface area (Å²) in [6, 6.07) is 3.72. The van der Waals surface area contributed by atoms with Gasteiger partial charge in [-0.1, -0.05) is 11.3 Å². The molecule has 1 N–H and O–H groups in total. The predicted molar refractivity (Wildman–Crippen MR) is 133 cm³/mol. The van der Waals surface area contributed by atoms with E-state index >= 15 is 0 Å². The second kappa shape index (κ2) is 9.34. The van der Waals surface area contributed by atoms with E-state index in [9.17, 15) is 9.59 Å². The van der Waals surface area contributed by atoms with Crippen molar-refractivity contribution in [3.63, 3.8) is 0 Å². The zero-order valence-electron chi connectivity index (χ0n) is 19.5. The molecule has 1 aliphatic heterocycles. The van der Waals surface area contributed by atoms with E-state index in [0.29, 0.717) is 51.3 Å². The Morgan fingerprint density at radius 3 is 2.57 bits per heavy atom. The Bertz CT molecular complexity index is 1450. The smallest absolute Gasteiger partial charge is 0.259 e. The van der Waals surface area contributed by atoms with Crippen molar-refractivity contribution in [1.82, 2.24) is 24.9 Å². The molecule has 4 aromatic rings. The molecule has 0 bridgehead atoms. The second-order valence-corrected chi connectivity index (χ2v) is 9.21. The maximum absolute atomic E-state index is 13.3. The lowest BCUT2D eigenvalue weighted by molar-refractivity contribution is -0.119. The van der Waals surface area contributed by atoms with Crippen LogP contribution in [0, 0.1) is 13.8 Å². The molecule has 0 aromatic carbocycles. The number of nitrogens with zero attached hydrogens (tertiary/aromatic N) is 6. The number of pyridine rings is 2. The summed E-state index contributed by atoms with van der Waals surface area (Å²) in [4.78, 5) is 49.6. The Morgan fingerprint density at radius 1 is 1.03 bits per heavy atom. The molecule has 0 spiro atoms. The van der Waals surface area contributed by atoms with Gasteiger partial charge in [0.15, 0.2) is 9.96 Å². The molecule has 1 saturated heterocycles. The van der Waals surface area contributed by atoms with E-state index in [4.69, 9.17) is 4.74 Å². The molecule has 0 aliphatic carbocycles. The first-order chi connectivity index (χ1) is 16.9. The van der Waals surface area contributed by atoms with Crippen molar-refractivity contribution in [2.75, 3.05) is 23.9 Å². The summed E-state index contributed by atoms with van der Waals surface area (Å²) in [5.74, 6) is 0.594. The fraction of sp³-hybridized carbons (Fsp3) is 0.292. The van der Waals surface area contributed by atoms with Gasteiger partial charge in [-0.3, -0.25) is 29.8 Å². The van der Waals surface area contributed by atoms with Crippen LogP contribution in [0.25, 0.3) is 21.5 Å². The third kappa shape index (κ3) is 4.54. The molecule has 35 heavy (non-hydrogen) atoms. The van der Waals surface area contributed by atoms with Crippen LogP contribution in [0.1, 0.15) is 41.0 Å². The molecular weight excluding hydrogens is 466 g/mol. The second-order valence-electron chi connectivity index (χ2n) is 8.23. The fourth-order valence-electron chi connectivity index (χ4n) is 3.98. The summed E-state index contributed by atoms with van der Waals surface area (Å²) in [6.07, 6.45) is 7.07. The number of piperidine rings is 1. The van der Waals surface area contributed by atoms with Crippen molar-refractivity contribution in [3.05, 3.63) is 47.7 Å². The summed E-state index contributed by atoms with van der Waals surface area (Å²) in [5.41, 5.74) is 3.93. The number of aryl methyl sites for hydroxylation is 2. The predicted octanol–water partition coefficient (Wildman–Crippen LogP) is 3.94. The third-order valence-electron chi connectivity index (χ3n) is 5.72. The average Bonchev–Trinajstić information content (AvgIpc) is 3.25. The lowest BCUT2D eigenvalue weighted by Crippen LogP contribution is -2.36. The third-order valence-corrected chi connectivity index (χ3v) is 6.60. The first-order valence-corrected chi connectivity index (χ1v) is 12.0. The number of thiazole rings is 1. The van der Waals surface area contributed by atoms with Crippen molar-refractivity contribution < 1.29 is 14.3 Å². The van der Waals surface area contributed by atoms with Gasteiger partial charge < -0.3 is 4.74 Å². The summed E-state index contributed by atoms with van der Waals surface area (Å²) in [6.45, 7) is 4.35. The number of rotatable bonds is 5. The van der Waals surface area contributed by atoms with Crippen LogP contribution in [0.2, 0.25) is 0 Å². The number of carbonyl (C=O) groups excluding carboxylic acids is 2. The summed E-state index contributed by atoms with van der Waals surface area (Å²) in [7, 11) is 1.57. The number of hydrogen-bond donors (Lipinski definition) is 1. The highest BCUT2D eigenvalue weighted by atomic mass is 32.1. The van der Waals surface area contributed by atoms with Gasteiger partial charge in [0.2, 0.25) is 11.9 Å². The number of nitrogens with one attached hydrogen (secondary N) is 1. The number of aromatic nitrogens is 5. The molecule has 11 heteroatoms. The molecule has 1 aliphatic rings. The molecule has 0 radical (unpaired) electrons. The molecule has 5 heterocycles. The Morgan fingerprint density at radius 2 is 1.80 bits per heavy atom. The van der Waals surface area contributed by atoms with Crippen LogP contribution >= 0.6 is 11.3 Å². The number of ether oxygens (including phenoxy) is 1. The van der Waals surface area contributed by atoms with E-state index in [1.165, 1.54) is 11.3 Å². The van der Waals surface area contributed by atoms with Gasteiger partial charge >= 0.3 is 0 Å². The summed E-state index contributed by atoms with van der Waals surface area (Å²) in [5, 5.41) is 3.24. The van der Waals surface area contributed by atoms with Gasteiger partial charge in [-0.25, -0.2) is 9.97 Å². The van der Waals surface area contributed by atoms with Gasteiger partial charge in [0.25, 0.3) is 5.91 Å². The van der Waals surface area contributed by atoms with Crippen molar-refractivity contribution in [1.29, 1.82) is 0 Å². The normalized spacial score (nSPS) is 13.8. The molecule has 0 saturated carbocycles. The van der Waals surface area contributed by atoms with Crippen LogP contribution in [0.3, 0.4) is 0 Å². The lowest BCUT2D eigenvalue weighted by Gasteiger charge is -2.24. The highest BCUT2D eigenvalue weighted by Crippen LogP contribution is 2.34. The van der Waals surface area contributed by atoms with Crippen molar-refractivity contribution in [2.45, 2.75) is 33.1 Å². The Labute approximate surface area is 205 Å². The van der Waals surface area contributed by atoms with E-state index in [2.05, 4.69) is 30.2 Å². The van der Waals surface area contributed by atoms with Crippen molar-refractivity contribution >= 4 is 44.6 Å². The van der Waals surface area contributed by atoms with E-state index < -0.39 is 0 Å². The van der Waals surface area contributed by atoms with Crippen LogP contribution in [0.15, 0.2) is 30.7 Å². The minimum atomic E-state index is -0.359. The number of carbonyl (C=O) groups is 2. The Balaban J connectivity index is 1.46. The molecule has 0 atom stereocenters. The van der Waals surface area contributed by atoms with Gasteiger partial charge in [0, 0.05) is 41.7 Å². The van der Waals surface area contributed by atoms with E-state index in [1.807, 2.05) is 26.0 Å². The first-order valence-electron chi connectivity index (χ1n) is 11.2. The molecule has 178 valence electrons. The Kier molecular flexibility index (Phi) is 6.08. The van der Waals surface area contributed by atoms with Gasteiger partial charge in [-0.2, -0.15) is 4.98 Å². The highest BCUT2D eigenvalue weighted by molar-refractivity contribution is 7.22. The van der Waals surface area contributed by atoms with Crippen LogP contribution in [-0.4, -0.2) is 50.4 Å². The number of hydrogen-bond acceptors (Lipinski definition) is 9. The standard InChI is InChI=1S/C24H23N7O3S/c1-13-8-15(16-9-14(2)26-12-19(16)34-3)17(10-25-13)21(33)29-24-28-18-11-27-23(30-22(18)35-24)31-7-5-4-6-20(31)32/h8-12H,4-7H2,1-3H3,(H,28,29,33). The fourth-order valence-corrected chi connectivity index (χ4v) is 4.78. The monoisotopic (exact) mass is 489 g/mol. The first kappa shape index (κ1) is 22.8. The number of amides is 2. The van der Waals surface area contributed by atoms with Gasteiger partial charge in [0.05, 0.1) is 25.1 Å². The highest BCUT2D eigenvalue weighted by Gasteiger charge is 2.23.